The van der Waals surface area contributed by atoms with Gasteiger partial charge in [-0.1, -0.05) is 25.0 Å². The number of rotatable bonds is 3. The Hall–Kier alpha value is -2.30. The van der Waals surface area contributed by atoms with Crippen LogP contribution in [0.25, 0.3) is 0 Å². The van der Waals surface area contributed by atoms with E-state index in [1.807, 2.05) is 24.3 Å². The highest BCUT2D eigenvalue weighted by Gasteiger charge is 2.23. The number of nitrogens with zero attached hydrogens (tertiary/aromatic N) is 3. The smallest absolute Gasteiger partial charge is 0.253 e. The molecule has 1 saturated carbocycles. The number of aromatic nitrogens is 2. The quantitative estimate of drug-likeness (QED) is 0.944. The number of amides is 1. The molecule has 1 N–H and O–H groups in total. The third-order valence-electron chi connectivity index (χ3n) is 5.23. The predicted molar refractivity (Wildman–Crippen MR) is 94.3 cm³/mol. The molecule has 0 bridgehead atoms. The van der Waals surface area contributed by atoms with E-state index in [9.17, 15) is 4.79 Å². The minimum atomic E-state index is 0.0199. The van der Waals surface area contributed by atoms with Crippen LogP contribution < -0.4 is 10.2 Å². The van der Waals surface area contributed by atoms with Gasteiger partial charge in [-0.2, -0.15) is 5.10 Å². The lowest BCUT2D eigenvalue weighted by atomic mass is 10.1. The Bertz CT molecular complexity index is 746. The molecule has 1 fully saturated rings. The molecule has 1 aromatic heterocycles. The van der Waals surface area contributed by atoms with E-state index in [4.69, 9.17) is 5.10 Å². The lowest BCUT2D eigenvalue weighted by Crippen LogP contribution is -2.29. The molecule has 2 heterocycles. The molecule has 4 rings (SSSR count). The highest BCUT2D eigenvalue weighted by atomic mass is 16.1. The molecule has 0 radical (unpaired) electrons. The second-order valence-corrected chi connectivity index (χ2v) is 6.85. The SMILES string of the molecule is Cc1nn(C2CCCC2)cc1CN1CCNC(=O)c2ccccc21. The number of hydrogen-bond acceptors (Lipinski definition) is 3. The summed E-state index contributed by atoms with van der Waals surface area (Å²) in [6.07, 6.45) is 7.32. The van der Waals surface area contributed by atoms with Gasteiger partial charge in [-0.25, -0.2) is 0 Å². The molecular formula is C19H24N4O. The topological polar surface area (TPSA) is 50.2 Å². The highest BCUT2D eigenvalue weighted by Crippen LogP contribution is 2.30. The van der Waals surface area contributed by atoms with Gasteiger partial charge in [0.25, 0.3) is 5.91 Å². The van der Waals surface area contributed by atoms with Crippen molar-refractivity contribution < 1.29 is 4.79 Å². The van der Waals surface area contributed by atoms with Gasteiger partial charge in [-0.15, -0.1) is 0 Å². The molecule has 2 aromatic rings. The van der Waals surface area contributed by atoms with Crippen LogP contribution in [0.4, 0.5) is 5.69 Å². The summed E-state index contributed by atoms with van der Waals surface area (Å²) < 4.78 is 2.17. The Balaban J connectivity index is 1.61. The molecule has 1 amide bonds. The van der Waals surface area contributed by atoms with Crippen molar-refractivity contribution in [1.29, 1.82) is 0 Å². The number of anilines is 1. The van der Waals surface area contributed by atoms with E-state index in [0.29, 0.717) is 12.6 Å². The molecule has 0 unspecified atom stereocenters. The summed E-state index contributed by atoms with van der Waals surface area (Å²) >= 11 is 0. The van der Waals surface area contributed by atoms with Crippen molar-refractivity contribution in [3.05, 3.63) is 47.3 Å². The monoisotopic (exact) mass is 324 g/mol. The van der Waals surface area contributed by atoms with Crippen LogP contribution in [0, 0.1) is 6.92 Å². The maximum atomic E-state index is 12.2. The van der Waals surface area contributed by atoms with Crippen molar-refractivity contribution >= 4 is 11.6 Å². The van der Waals surface area contributed by atoms with E-state index in [2.05, 4.69) is 28.0 Å². The van der Waals surface area contributed by atoms with Gasteiger partial charge in [-0.3, -0.25) is 9.48 Å². The summed E-state index contributed by atoms with van der Waals surface area (Å²) in [4.78, 5) is 14.5. The Morgan fingerprint density at radius 2 is 2.04 bits per heavy atom. The van der Waals surface area contributed by atoms with Crippen molar-refractivity contribution in [1.82, 2.24) is 15.1 Å². The standard InChI is InChI=1S/C19H24N4O/c1-14-15(13-23(21-14)16-6-2-3-7-16)12-22-11-10-20-19(24)17-8-4-5-9-18(17)22/h4-5,8-9,13,16H,2-3,6-7,10-12H2,1H3,(H,20,24). The van der Waals surface area contributed by atoms with Crippen LogP contribution in [0.5, 0.6) is 0 Å². The number of fused-ring (bicyclic) bond motifs is 1. The van der Waals surface area contributed by atoms with Gasteiger partial charge < -0.3 is 10.2 Å². The highest BCUT2D eigenvalue weighted by molar-refractivity contribution is 6.00. The fourth-order valence-electron chi connectivity index (χ4n) is 3.86. The van der Waals surface area contributed by atoms with Crippen LogP contribution in [-0.4, -0.2) is 28.8 Å². The molecule has 2 aliphatic rings. The maximum absolute atomic E-state index is 12.2. The molecule has 5 heteroatoms. The summed E-state index contributed by atoms with van der Waals surface area (Å²) in [7, 11) is 0. The second-order valence-electron chi connectivity index (χ2n) is 6.85. The number of carbonyl (C=O) groups excluding carboxylic acids is 1. The van der Waals surface area contributed by atoms with Crippen LogP contribution >= 0.6 is 0 Å². The molecule has 1 aliphatic carbocycles. The fraction of sp³-hybridized carbons (Fsp3) is 0.474. The molecule has 5 nitrogen and oxygen atoms in total. The number of para-hydroxylation sites is 1. The van der Waals surface area contributed by atoms with Crippen molar-refractivity contribution in [3.8, 4) is 0 Å². The van der Waals surface area contributed by atoms with E-state index in [1.165, 1.54) is 31.2 Å². The second kappa shape index (κ2) is 6.30. The van der Waals surface area contributed by atoms with E-state index in [1.54, 1.807) is 0 Å². The van der Waals surface area contributed by atoms with Gasteiger partial charge in [-0.05, 0) is 31.9 Å². The zero-order chi connectivity index (χ0) is 16.5. The lowest BCUT2D eigenvalue weighted by molar-refractivity contribution is 0.0958. The zero-order valence-electron chi connectivity index (χ0n) is 14.2. The third-order valence-corrected chi connectivity index (χ3v) is 5.23. The van der Waals surface area contributed by atoms with Crippen LogP contribution in [-0.2, 0) is 6.54 Å². The van der Waals surface area contributed by atoms with Crippen LogP contribution in [0.1, 0.15) is 53.3 Å². The first-order valence-corrected chi connectivity index (χ1v) is 8.89. The number of aryl methyl sites for hydroxylation is 1. The summed E-state index contributed by atoms with van der Waals surface area (Å²) in [6.45, 7) is 4.37. The van der Waals surface area contributed by atoms with Gasteiger partial charge in [0.2, 0.25) is 0 Å². The Morgan fingerprint density at radius 1 is 1.25 bits per heavy atom. The van der Waals surface area contributed by atoms with E-state index >= 15 is 0 Å². The van der Waals surface area contributed by atoms with E-state index < -0.39 is 0 Å². The normalized spacial score (nSPS) is 18.4. The Labute approximate surface area is 142 Å². The number of hydrogen-bond donors (Lipinski definition) is 1. The minimum Gasteiger partial charge on any atom is -0.365 e. The molecule has 24 heavy (non-hydrogen) atoms. The van der Waals surface area contributed by atoms with Gasteiger partial charge in [0, 0.05) is 37.1 Å². The molecule has 0 spiro atoms. The molecule has 1 aliphatic heterocycles. The zero-order valence-corrected chi connectivity index (χ0v) is 14.2. The number of nitrogens with one attached hydrogen (secondary N) is 1. The van der Waals surface area contributed by atoms with Crippen LogP contribution in [0.3, 0.4) is 0 Å². The average Bonchev–Trinajstić information content (AvgIpc) is 3.20. The number of carbonyl (C=O) groups is 1. The summed E-state index contributed by atoms with van der Waals surface area (Å²) in [5.74, 6) is 0.0199. The summed E-state index contributed by atoms with van der Waals surface area (Å²) in [5.41, 5.74) is 4.13. The largest absolute Gasteiger partial charge is 0.365 e. The van der Waals surface area contributed by atoms with Crippen molar-refractivity contribution in [3.63, 3.8) is 0 Å². The van der Waals surface area contributed by atoms with Gasteiger partial charge >= 0.3 is 0 Å². The average molecular weight is 324 g/mol. The van der Waals surface area contributed by atoms with E-state index in [0.717, 1.165) is 30.0 Å². The summed E-state index contributed by atoms with van der Waals surface area (Å²) in [5, 5.41) is 7.74. The predicted octanol–water partition coefficient (Wildman–Crippen LogP) is 3.06. The third kappa shape index (κ3) is 2.79. The van der Waals surface area contributed by atoms with E-state index in [-0.39, 0.29) is 5.91 Å². The van der Waals surface area contributed by atoms with Gasteiger partial charge in [0.1, 0.15) is 0 Å². The first kappa shape index (κ1) is 15.2. The van der Waals surface area contributed by atoms with Crippen LogP contribution in [0.2, 0.25) is 0 Å². The minimum absolute atomic E-state index is 0.0199. The van der Waals surface area contributed by atoms with Crippen LogP contribution in [0.15, 0.2) is 30.5 Å². The fourth-order valence-corrected chi connectivity index (χ4v) is 3.86. The molecular weight excluding hydrogens is 300 g/mol. The molecule has 126 valence electrons. The summed E-state index contributed by atoms with van der Waals surface area (Å²) in [6, 6.07) is 8.43. The van der Waals surface area contributed by atoms with Crippen molar-refractivity contribution in [2.75, 3.05) is 18.0 Å². The lowest BCUT2D eigenvalue weighted by Gasteiger charge is -2.23. The first-order valence-electron chi connectivity index (χ1n) is 8.89. The van der Waals surface area contributed by atoms with Gasteiger partial charge in [0.15, 0.2) is 0 Å². The maximum Gasteiger partial charge on any atom is 0.253 e. The van der Waals surface area contributed by atoms with Gasteiger partial charge in [0.05, 0.1) is 17.3 Å². The molecule has 0 atom stereocenters. The molecule has 1 aromatic carbocycles. The van der Waals surface area contributed by atoms with Crippen molar-refractivity contribution in [2.45, 2.75) is 45.2 Å². The Kier molecular flexibility index (Phi) is 4.00. The first-order chi connectivity index (χ1) is 11.7. The number of benzene rings is 1. The molecule has 0 saturated heterocycles. The Morgan fingerprint density at radius 3 is 2.88 bits per heavy atom. The van der Waals surface area contributed by atoms with Crippen molar-refractivity contribution in [2.24, 2.45) is 0 Å².